The number of phenolic OH excluding ortho intramolecular Hbond substituents is 1. The molecule has 2 aromatic carbocycles. The molecule has 2 aromatic rings. The van der Waals surface area contributed by atoms with Crippen molar-refractivity contribution >= 4 is 16.9 Å². The number of aromatic carboxylic acids is 1. The van der Waals surface area contributed by atoms with Crippen molar-refractivity contribution in [2.45, 2.75) is 19.8 Å². The molecule has 0 radical (unpaired) electrons. The summed E-state index contributed by atoms with van der Waals surface area (Å²) in [7, 11) is 0. The van der Waals surface area contributed by atoms with Gasteiger partial charge < -0.3 is 19.7 Å². The summed E-state index contributed by atoms with van der Waals surface area (Å²) in [5.74, 6) is -0.691. The number of phenols is 1. The Balaban J connectivity index is 0.000000461. The first kappa shape index (κ1) is 21.1. The molecule has 0 spiro atoms. The summed E-state index contributed by atoms with van der Waals surface area (Å²) in [4.78, 5) is 23.4. The Morgan fingerprint density at radius 3 is 2.43 bits per heavy atom. The second kappa shape index (κ2) is 9.24. The fourth-order valence-corrected chi connectivity index (χ4v) is 3.20. The molecule has 0 atom stereocenters. The third-order valence-corrected chi connectivity index (χ3v) is 4.62. The van der Waals surface area contributed by atoms with E-state index in [1.165, 1.54) is 30.3 Å². The summed E-state index contributed by atoms with van der Waals surface area (Å²) < 4.78 is 5.76. The number of carboxylic acid groups (broad SMARTS) is 1. The van der Waals surface area contributed by atoms with Crippen LogP contribution in [0.2, 0.25) is 0 Å². The summed E-state index contributed by atoms with van der Waals surface area (Å²) in [5, 5.41) is 28.0. The smallest absolute Gasteiger partial charge is 0.336 e. The summed E-state index contributed by atoms with van der Waals surface area (Å²) in [6.45, 7) is 2.40. The highest BCUT2D eigenvalue weighted by atomic mass is 16.4. The topological polar surface area (TPSA) is 108 Å². The van der Waals surface area contributed by atoms with Gasteiger partial charge in [-0.05, 0) is 42.3 Å². The number of hydrogen-bond donors (Lipinski definition) is 3. The molecule has 0 saturated heterocycles. The van der Waals surface area contributed by atoms with Gasteiger partial charge in [0.15, 0.2) is 5.43 Å². The number of aliphatic hydroxyl groups is 1. The number of fused-ring (bicyclic) bond motifs is 2. The zero-order chi connectivity index (χ0) is 21.7. The molecule has 0 unspecified atom stereocenters. The molecule has 0 saturated carbocycles. The van der Waals surface area contributed by atoms with E-state index in [1.54, 1.807) is 30.3 Å². The normalized spacial score (nSPS) is 10.6. The van der Waals surface area contributed by atoms with Crippen LogP contribution < -0.4 is 5.43 Å². The van der Waals surface area contributed by atoms with Gasteiger partial charge in [0.05, 0.1) is 5.56 Å². The molecule has 0 bridgehead atoms. The number of carboxylic acids is 1. The summed E-state index contributed by atoms with van der Waals surface area (Å²) in [5.41, 5.74) is 2.10. The maximum absolute atomic E-state index is 11.7. The van der Waals surface area contributed by atoms with Gasteiger partial charge in [-0.25, -0.2) is 4.79 Å². The van der Waals surface area contributed by atoms with Gasteiger partial charge in [-0.3, -0.25) is 4.79 Å². The van der Waals surface area contributed by atoms with E-state index < -0.39 is 5.97 Å². The zero-order valence-corrected chi connectivity index (χ0v) is 16.5. The summed E-state index contributed by atoms with van der Waals surface area (Å²) in [6, 6.07) is 15.7. The fraction of sp³-hybridized carbons (Fsp3) is 0.167. The molecular formula is C24H22O6. The van der Waals surface area contributed by atoms with Crippen LogP contribution in [0.1, 0.15) is 30.1 Å². The molecule has 6 heteroatoms. The number of aromatic hydroxyl groups is 1. The minimum absolute atomic E-state index is 0.0198. The lowest BCUT2D eigenvalue weighted by molar-refractivity contribution is 0.0697. The second-order valence-electron chi connectivity index (χ2n) is 6.74. The van der Waals surface area contributed by atoms with E-state index in [0.717, 1.165) is 12.8 Å². The molecule has 0 fully saturated rings. The summed E-state index contributed by atoms with van der Waals surface area (Å²) in [6.07, 6.45) is 2.04. The quantitative estimate of drug-likeness (QED) is 0.422. The van der Waals surface area contributed by atoms with Gasteiger partial charge >= 0.3 is 5.97 Å². The van der Waals surface area contributed by atoms with E-state index in [2.05, 4.69) is 6.92 Å². The molecule has 0 amide bonds. The molecule has 6 nitrogen and oxygen atoms in total. The summed E-state index contributed by atoms with van der Waals surface area (Å²) >= 11 is 0. The third kappa shape index (κ3) is 4.34. The molecule has 4 rings (SSSR count). The van der Waals surface area contributed by atoms with Crippen LogP contribution in [-0.2, 0) is 0 Å². The second-order valence-corrected chi connectivity index (χ2v) is 6.74. The van der Waals surface area contributed by atoms with Crippen LogP contribution >= 0.6 is 0 Å². The van der Waals surface area contributed by atoms with Crippen LogP contribution in [0.3, 0.4) is 0 Å². The first-order chi connectivity index (χ1) is 14.5. The maximum Gasteiger partial charge on any atom is 0.336 e. The minimum atomic E-state index is -1.04. The van der Waals surface area contributed by atoms with Crippen molar-refractivity contribution in [3.63, 3.8) is 0 Å². The van der Waals surface area contributed by atoms with Gasteiger partial charge in [0.25, 0.3) is 0 Å². The first-order valence-corrected chi connectivity index (χ1v) is 9.59. The lowest BCUT2D eigenvalue weighted by atomic mass is 9.91. The monoisotopic (exact) mass is 406 g/mol. The van der Waals surface area contributed by atoms with Crippen LogP contribution in [0.15, 0.2) is 69.9 Å². The number of aliphatic hydroxyl groups excluding tert-OH is 1. The lowest BCUT2D eigenvalue weighted by Crippen LogP contribution is -2.03. The number of benzene rings is 3. The Kier molecular flexibility index (Phi) is 6.49. The number of rotatable bonds is 4. The predicted molar refractivity (Wildman–Crippen MR) is 115 cm³/mol. The molecule has 3 N–H and O–H groups in total. The molecule has 154 valence electrons. The largest absolute Gasteiger partial charge is 0.508 e. The van der Waals surface area contributed by atoms with E-state index >= 15 is 0 Å². The van der Waals surface area contributed by atoms with E-state index in [9.17, 15) is 19.8 Å². The van der Waals surface area contributed by atoms with Crippen molar-refractivity contribution < 1.29 is 24.5 Å². The Labute approximate surface area is 173 Å². The first-order valence-electron chi connectivity index (χ1n) is 9.59. The third-order valence-electron chi connectivity index (χ3n) is 4.62. The standard InChI is InChI=1S/C20H12O5.C4H10O/c21-11-5-7-15-17(9-11)25-18-10-12(22)6-8-16(18)19(15)13-3-1-2-4-14(13)20(23)24;1-2-3-4-5/h1-10,21H,(H,23,24);5H,2-4H2,1H3. The van der Waals surface area contributed by atoms with Crippen molar-refractivity contribution in [1.82, 2.24) is 0 Å². The van der Waals surface area contributed by atoms with Crippen molar-refractivity contribution in [3.05, 3.63) is 76.5 Å². The van der Waals surface area contributed by atoms with Crippen LogP contribution in [-0.4, -0.2) is 27.9 Å². The molecular weight excluding hydrogens is 384 g/mol. The van der Waals surface area contributed by atoms with Crippen molar-refractivity contribution in [3.8, 4) is 28.2 Å². The predicted octanol–water partition coefficient (Wildman–Crippen LogP) is 4.75. The minimum Gasteiger partial charge on any atom is -0.508 e. The van der Waals surface area contributed by atoms with E-state index in [-0.39, 0.29) is 16.7 Å². The number of unbranched alkanes of at least 4 members (excludes halogenated alkanes) is 1. The average molecular weight is 406 g/mol. The van der Waals surface area contributed by atoms with Crippen molar-refractivity contribution in [2.24, 2.45) is 0 Å². The highest BCUT2D eigenvalue weighted by molar-refractivity contribution is 6.07. The van der Waals surface area contributed by atoms with Gasteiger partial charge in [-0.15, -0.1) is 0 Å². The van der Waals surface area contributed by atoms with Crippen LogP contribution in [0.5, 0.6) is 5.75 Å². The molecule has 1 heterocycles. The Morgan fingerprint density at radius 2 is 1.77 bits per heavy atom. The van der Waals surface area contributed by atoms with E-state index in [4.69, 9.17) is 9.52 Å². The van der Waals surface area contributed by atoms with Gasteiger partial charge in [-0.1, -0.05) is 31.5 Å². The SMILES string of the molecule is CCCCO.O=C(O)c1ccccc1-c1c2ccc(=O)cc-2oc2cc(O)ccc12. The molecule has 0 aromatic heterocycles. The van der Waals surface area contributed by atoms with Gasteiger partial charge in [0.1, 0.15) is 17.1 Å². The Hall–Kier alpha value is -3.64. The molecule has 30 heavy (non-hydrogen) atoms. The van der Waals surface area contributed by atoms with Gasteiger partial charge in [-0.2, -0.15) is 0 Å². The number of carbonyl (C=O) groups is 1. The Morgan fingerprint density at radius 1 is 1.00 bits per heavy atom. The molecule has 1 aliphatic carbocycles. The maximum atomic E-state index is 11.7. The highest BCUT2D eigenvalue weighted by Gasteiger charge is 2.21. The lowest BCUT2D eigenvalue weighted by Gasteiger charge is -2.16. The zero-order valence-electron chi connectivity index (χ0n) is 16.5. The number of hydrogen-bond acceptors (Lipinski definition) is 5. The molecule has 1 aliphatic heterocycles. The van der Waals surface area contributed by atoms with Gasteiger partial charge in [0, 0.05) is 35.3 Å². The average Bonchev–Trinajstić information content (AvgIpc) is 2.73. The Bertz CT molecular complexity index is 1210. The van der Waals surface area contributed by atoms with Crippen molar-refractivity contribution in [1.29, 1.82) is 0 Å². The molecule has 2 aliphatic rings. The van der Waals surface area contributed by atoms with Gasteiger partial charge in [0.2, 0.25) is 0 Å². The van der Waals surface area contributed by atoms with E-state index in [0.29, 0.717) is 40.0 Å². The highest BCUT2D eigenvalue weighted by Crippen LogP contribution is 2.41. The van der Waals surface area contributed by atoms with Crippen molar-refractivity contribution in [2.75, 3.05) is 6.61 Å². The van der Waals surface area contributed by atoms with Crippen LogP contribution in [0.4, 0.5) is 0 Å². The van der Waals surface area contributed by atoms with Crippen LogP contribution in [0, 0.1) is 0 Å². The van der Waals surface area contributed by atoms with Crippen LogP contribution in [0.25, 0.3) is 33.4 Å². The van der Waals surface area contributed by atoms with E-state index in [1.807, 2.05) is 0 Å². The fourth-order valence-electron chi connectivity index (χ4n) is 3.20.